The maximum atomic E-state index is 13.1. The molecule has 2 saturated heterocycles. The van der Waals surface area contributed by atoms with Crippen molar-refractivity contribution in [2.75, 3.05) is 43.1 Å². The fourth-order valence-corrected chi connectivity index (χ4v) is 4.38. The second kappa shape index (κ2) is 7.87. The van der Waals surface area contributed by atoms with Crippen LogP contribution in [0.3, 0.4) is 0 Å². The molecule has 0 saturated carbocycles. The predicted octanol–water partition coefficient (Wildman–Crippen LogP) is 2.77. The van der Waals surface area contributed by atoms with Gasteiger partial charge >= 0.3 is 0 Å². The van der Waals surface area contributed by atoms with Crippen LogP contribution in [0.2, 0.25) is 0 Å². The third kappa shape index (κ3) is 3.60. The van der Waals surface area contributed by atoms with Gasteiger partial charge in [0.15, 0.2) is 0 Å². The highest BCUT2D eigenvalue weighted by molar-refractivity contribution is 6.22. The van der Waals surface area contributed by atoms with Crippen molar-refractivity contribution in [1.82, 2.24) is 4.90 Å². The fraction of sp³-hybridized carbons (Fsp3) is 0.391. The highest BCUT2D eigenvalue weighted by Gasteiger charge is 2.43. The molecule has 4 rings (SSSR count). The van der Waals surface area contributed by atoms with Crippen LogP contribution in [0.15, 0.2) is 42.5 Å². The number of anilines is 2. The van der Waals surface area contributed by atoms with Gasteiger partial charge in [-0.15, -0.1) is 0 Å². The summed E-state index contributed by atoms with van der Waals surface area (Å²) in [5.74, 6) is 0.640. The summed E-state index contributed by atoms with van der Waals surface area (Å²) in [5, 5.41) is 0. The molecule has 2 aliphatic rings. The second-order valence-electron chi connectivity index (χ2n) is 7.77. The van der Waals surface area contributed by atoms with E-state index in [1.165, 1.54) is 4.90 Å². The van der Waals surface area contributed by atoms with Crippen molar-refractivity contribution in [3.63, 3.8) is 0 Å². The zero-order valence-corrected chi connectivity index (χ0v) is 17.2. The molecule has 152 valence electrons. The van der Waals surface area contributed by atoms with E-state index in [0.717, 1.165) is 48.7 Å². The fourth-order valence-electron chi connectivity index (χ4n) is 4.38. The SMILES string of the molecule is COc1ccccc1N1CCN(C2CC(=O)N(c3ccc(C)cc3C)C2=O)CC1. The Kier molecular flexibility index (Phi) is 5.28. The Balaban J connectivity index is 1.47. The molecular weight excluding hydrogens is 366 g/mol. The number of hydrogen-bond donors (Lipinski definition) is 0. The molecule has 0 spiro atoms. The summed E-state index contributed by atoms with van der Waals surface area (Å²) in [7, 11) is 1.68. The van der Waals surface area contributed by atoms with E-state index in [1.807, 2.05) is 50.2 Å². The molecule has 29 heavy (non-hydrogen) atoms. The largest absolute Gasteiger partial charge is 0.495 e. The molecular formula is C23H27N3O3. The summed E-state index contributed by atoms with van der Waals surface area (Å²) in [6.45, 7) is 7.02. The van der Waals surface area contributed by atoms with Crippen molar-refractivity contribution in [2.45, 2.75) is 26.3 Å². The number of carbonyl (C=O) groups is 2. The first-order chi connectivity index (χ1) is 14.0. The summed E-state index contributed by atoms with van der Waals surface area (Å²) in [4.78, 5) is 31.6. The van der Waals surface area contributed by atoms with Crippen LogP contribution in [0.4, 0.5) is 11.4 Å². The van der Waals surface area contributed by atoms with E-state index in [2.05, 4.69) is 15.9 Å². The van der Waals surface area contributed by atoms with Crippen molar-refractivity contribution < 1.29 is 14.3 Å². The van der Waals surface area contributed by atoms with Gasteiger partial charge in [-0.05, 0) is 37.6 Å². The Morgan fingerprint density at radius 1 is 0.931 bits per heavy atom. The van der Waals surface area contributed by atoms with Gasteiger partial charge in [-0.3, -0.25) is 14.5 Å². The molecule has 2 heterocycles. The number of nitrogens with zero attached hydrogens (tertiary/aromatic N) is 3. The molecule has 0 bridgehead atoms. The van der Waals surface area contributed by atoms with E-state index < -0.39 is 0 Å². The lowest BCUT2D eigenvalue weighted by atomic mass is 10.1. The molecule has 2 fully saturated rings. The van der Waals surface area contributed by atoms with Gasteiger partial charge in [-0.1, -0.05) is 29.8 Å². The molecule has 0 radical (unpaired) electrons. The molecule has 2 amide bonds. The van der Waals surface area contributed by atoms with Crippen LogP contribution in [0, 0.1) is 13.8 Å². The van der Waals surface area contributed by atoms with Crippen LogP contribution in [0.5, 0.6) is 5.75 Å². The number of benzene rings is 2. The number of aryl methyl sites for hydroxylation is 2. The molecule has 1 unspecified atom stereocenters. The van der Waals surface area contributed by atoms with Crippen molar-refractivity contribution in [1.29, 1.82) is 0 Å². The van der Waals surface area contributed by atoms with Crippen molar-refractivity contribution in [2.24, 2.45) is 0 Å². The summed E-state index contributed by atoms with van der Waals surface area (Å²) in [6.07, 6.45) is 0.251. The van der Waals surface area contributed by atoms with Crippen molar-refractivity contribution in [3.8, 4) is 5.75 Å². The average molecular weight is 393 g/mol. The third-order valence-electron chi connectivity index (χ3n) is 5.90. The predicted molar refractivity (Wildman–Crippen MR) is 114 cm³/mol. The van der Waals surface area contributed by atoms with Gasteiger partial charge in [0.25, 0.3) is 5.91 Å². The van der Waals surface area contributed by atoms with Gasteiger partial charge in [0.1, 0.15) is 5.75 Å². The minimum atomic E-state index is -0.372. The lowest BCUT2D eigenvalue weighted by Crippen LogP contribution is -2.52. The maximum absolute atomic E-state index is 13.1. The molecule has 6 heteroatoms. The van der Waals surface area contributed by atoms with Gasteiger partial charge in [-0.2, -0.15) is 0 Å². The van der Waals surface area contributed by atoms with Crippen LogP contribution in [-0.4, -0.2) is 56.0 Å². The van der Waals surface area contributed by atoms with Crippen molar-refractivity contribution >= 4 is 23.2 Å². The lowest BCUT2D eigenvalue weighted by Gasteiger charge is -2.38. The zero-order chi connectivity index (χ0) is 20.5. The highest BCUT2D eigenvalue weighted by atomic mass is 16.5. The van der Waals surface area contributed by atoms with Gasteiger partial charge < -0.3 is 9.64 Å². The Morgan fingerprint density at radius 2 is 1.66 bits per heavy atom. The van der Waals surface area contributed by atoms with Gasteiger partial charge in [-0.25, -0.2) is 4.90 Å². The van der Waals surface area contributed by atoms with Crippen LogP contribution < -0.4 is 14.5 Å². The number of rotatable bonds is 4. The van der Waals surface area contributed by atoms with Gasteiger partial charge in [0.05, 0.1) is 30.9 Å². The monoisotopic (exact) mass is 393 g/mol. The summed E-state index contributed by atoms with van der Waals surface area (Å²) in [6, 6.07) is 13.4. The number of amides is 2. The van der Waals surface area contributed by atoms with Crippen LogP contribution in [0.1, 0.15) is 17.5 Å². The summed E-state index contributed by atoms with van der Waals surface area (Å²) < 4.78 is 5.48. The minimum Gasteiger partial charge on any atom is -0.495 e. The van der Waals surface area contributed by atoms with E-state index in [1.54, 1.807) is 7.11 Å². The Labute approximate surface area is 171 Å². The molecule has 1 atom stereocenters. The molecule has 2 aromatic rings. The topological polar surface area (TPSA) is 53.1 Å². The first kappa shape index (κ1) is 19.5. The number of ether oxygens (including phenoxy) is 1. The molecule has 0 N–H and O–H groups in total. The maximum Gasteiger partial charge on any atom is 0.251 e. The quantitative estimate of drug-likeness (QED) is 0.748. The minimum absolute atomic E-state index is 0.104. The van der Waals surface area contributed by atoms with E-state index in [4.69, 9.17) is 4.74 Å². The third-order valence-corrected chi connectivity index (χ3v) is 5.90. The first-order valence-corrected chi connectivity index (χ1v) is 10.1. The molecule has 0 aromatic heterocycles. The van der Waals surface area contributed by atoms with Gasteiger partial charge in [0, 0.05) is 26.2 Å². The number of methoxy groups -OCH3 is 1. The van der Waals surface area contributed by atoms with E-state index in [0.29, 0.717) is 5.69 Å². The van der Waals surface area contributed by atoms with E-state index in [-0.39, 0.29) is 24.3 Å². The summed E-state index contributed by atoms with van der Waals surface area (Å²) in [5.41, 5.74) is 3.85. The number of carbonyl (C=O) groups excluding carboxylic acids is 2. The normalized spacial score (nSPS) is 20.4. The smallest absolute Gasteiger partial charge is 0.251 e. The van der Waals surface area contributed by atoms with E-state index in [9.17, 15) is 9.59 Å². The number of para-hydroxylation sites is 2. The molecule has 6 nitrogen and oxygen atoms in total. The van der Waals surface area contributed by atoms with E-state index >= 15 is 0 Å². The lowest BCUT2D eigenvalue weighted by molar-refractivity contribution is -0.123. The summed E-state index contributed by atoms with van der Waals surface area (Å²) >= 11 is 0. The Hall–Kier alpha value is -2.86. The second-order valence-corrected chi connectivity index (χ2v) is 7.77. The zero-order valence-electron chi connectivity index (χ0n) is 17.2. The standard InChI is InChI=1S/C23H27N3O3/c1-16-8-9-18(17(2)14-16)26-22(27)15-20(23(26)28)25-12-10-24(11-13-25)19-6-4-5-7-21(19)29-3/h4-9,14,20H,10-13,15H2,1-3H3. The number of piperazine rings is 1. The van der Waals surface area contributed by atoms with Crippen LogP contribution in [0.25, 0.3) is 0 Å². The van der Waals surface area contributed by atoms with Crippen LogP contribution >= 0.6 is 0 Å². The first-order valence-electron chi connectivity index (χ1n) is 10.1. The number of hydrogen-bond acceptors (Lipinski definition) is 5. The average Bonchev–Trinajstić information content (AvgIpc) is 3.02. The molecule has 2 aliphatic heterocycles. The van der Waals surface area contributed by atoms with Gasteiger partial charge in [0.2, 0.25) is 5.91 Å². The molecule has 2 aromatic carbocycles. The molecule has 0 aliphatic carbocycles. The highest BCUT2D eigenvalue weighted by Crippen LogP contribution is 2.31. The Morgan fingerprint density at radius 3 is 2.34 bits per heavy atom. The Bertz CT molecular complexity index is 935. The van der Waals surface area contributed by atoms with Crippen LogP contribution in [-0.2, 0) is 9.59 Å². The van der Waals surface area contributed by atoms with Crippen molar-refractivity contribution in [3.05, 3.63) is 53.6 Å². The number of imide groups is 1.